The van der Waals surface area contributed by atoms with Crippen LogP contribution in [0.15, 0.2) is 48.6 Å². The van der Waals surface area contributed by atoms with Crippen LogP contribution in [-0.2, 0) is 20.7 Å². The van der Waals surface area contributed by atoms with Crippen LogP contribution in [0.3, 0.4) is 0 Å². The number of fused-ring (bicyclic) bond motifs is 5. The van der Waals surface area contributed by atoms with E-state index in [2.05, 4.69) is 76.9 Å². The van der Waals surface area contributed by atoms with Crippen LogP contribution in [-0.4, -0.2) is 30.6 Å². The molecule has 39 heavy (non-hydrogen) atoms. The first-order chi connectivity index (χ1) is 18.4. The van der Waals surface area contributed by atoms with Crippen molar-refractivity contribution in [2.24, 2.45) is 52.3 Å². The maximum atomic E-state index is 14.6. The second-order valence-corrected chi connectivity index (χ2v) is 14.2. The molecule has 3 fully saturated rings. The van der Waals surface area contributed by atoms with Crippen LogP contribution < -0.4 is 10.1 Å². The second kappa shape index (κ2) is 9.06. The highest BCUT2D eigenvalue weighted by atomic mass is 16.5. The van der Waals surface area contributed by atoms with Gasteiger partial charge in [-0.2, -0.15) is 0 Å². The van der Waals surface area contributed by atoms with Crippen LogP contribution >= 0.6 is 0 Å². The number of hydrogen-bond acceptors (Lipinski definition) is 4. The summed E-state index contributed by atoms with van der Waals surface area (Å²) >= 11 is 0. The number of nitrogens with one attached hydrogen (secondary N) is 1. The van der Waals surface area contributed by atoms with Gasteiger partial charge in [0, 0.05) is 55.5 Å². The number of Topliss-reactive ketones (excluding diaryl/α,β-unsaturated/α-hetero) is 1. The van der Waals surface area contributed by atoms with Gasteiger partial charge in [0.2, 0.25) is 5.91 Å². The third-order valence-electron chi connectivity index (χ3n) is 11.5. The number of ether oxygens (including phenoxy) is 2. The van der Waals surface area contributed by atoms with E-state index in [0.717, 1.165) is 17.7 Å². The van der Waals surface area contributed by atoms with Gasteiger partial charge in [-0.1, -0.05) is 57.6 Å². The molecule has 3 aliphatic carbocycles. The van der Waals surface area contributed by atoms with Crippen LogP contribution in [0.1, 0.15) is 65.9 Å². The van der Waals surface area contributed by atoms with E-state index in [9.17, 15) is 9.59 Å². The normalized spacial score (nSPS) is 46.9. The Bertz CT molecular complexity index is 1220. The van der Waals surface area contributed by atoms with Crippen LogP contribution in [0.5, 0.6) is 5.75 Å². The Morgan fingerprint density at radius 3 is 2.49 bits per heavy atom. The molecule has 4 bridgehead atoms. The van der Waals surface area contributed by atoms with Gasteiger partial charge < -0.3 is 14.8 Å². The molecule has 1 unspecified atom stereocenters. The van der Waals surface area contributed by atoms with Crippen LogP contribution in [0.25, 0.3) is 0 Å². The average molecular weight is 532 g/mol. The molecule has 210 valence electrons. The van der Waals surface area contributed by atoms with Crippen molar-refractivity contribution in [2.75, 3.05) is 7.11 Å². The zero-order valence-corrected chi connectivity index (χ0v) is 24.5. The maximum absolute atomic E-state index is 14.6. The number of allylic oxidation sites excluding steroid dienone is 3. The van der Waals surface area contributed by atoms with E-state index < -0.39 is 17.1 Å². The van der Waals surface area contributed by atoms with Gasteiger partial charge in [0.05, 0.1) is 0 Å². The molecule has 1 aromatic rings. The van der Waals surface area contributed by atoms with Crippen molar-refractivity contribution < 1.29 is 19.1 Å². The zero-order valence-electron chi connectivity index (χ0n) is 24.5. The number of ketones is 1. The third kappa shape index (κ3) is 3.97. The molecule has 1 aromatic carbocycles. The molecule has 1 N–H and O–H groups in total. The summed E-state index contributed by atoms with van der Waals surface area (Å²) in [6, 6.07) is 8.33. The van der Waals surface area contributed by atoms with Crippen molar-refractivity contribution in [3.63, 3.8) is 0 Å². The van der Waals surface area contributed by atoms with Gasteiger partial charge in [0.25, 0.3) is 0 Å². The van der Waals surface area contributed by atoms with Gasteiger partial charge in [-0.25, -0.2) is 0 Å². The Hall–Kier alpha value is -2.40. The molecule has 2 saturated carbocycles. The molecular weight excluding hydrogens is 486 g/mol. The lowest BCUT2D eigenvalue weighted by Crippen LogP contribution is -2.48. The third-order valence-corrected chi connectivity index (χ3v) is 11.5. The predicted octanol–water partition coefficient (Wildman–Crippen LogP) is 6.13. The summed E-state index contributed by atoms with van der Waals surface area (Å²) in [5.74, 6) is 1.97. The Kier molecular flexibility index (Phi) is 6.22. The fraction of sp³-hybridized carbons (Fsp3) is 0.647. The summed E-state index contributed by atoms with van der Waals surface area (Å²) in [7, 11) is 1.65. The lowest BCUT2D eigenvalue weighted by atomic mass is 9.53. The summed E-state index contributed by atoms with van der Waals surface area (Å²) in [4.78, 5) is 27.8. The highest BCUT2D eigenvalue weighted by Crippen LogP contribution is 2.68. The number of carbonyl (C=O) groups is 2. The molecule has 5 heteroatoms. The topological polar surface area (TPSA) is 64.6 Å². The van der Waals surface area contributed by atoms with E-state index in [4.69, 9.17) is 9.47 Å². The molecule has 0 aromatic heterocycles. The van der Waals surface area contributed by atoms with Crippen molar-refractivity contribution in [3.05, 3.63) is 54.1 Å². The van der Waals surface area contributed by atoms with E-state index in [1.54, 1.807) is 7.11 Å². The summed E-state index contributed by atoms with van der Waals surface area (Å²) < 4.78 is 13.0. The summed E-state index contributed by atoms with van der Waals surface area (Å²) in [5, 5.41) is 3.12. The van der Waals surface area contributed by atoms with Crippen molar-refractivity contribution >= 4 is 11.7 Å². The molecule has 7 rings (SSSR count). The predicted molar refractivity (Wildman–Crippen MR) is 152 cm³/mol. The fourth-order valence-corrected chi connectivity index (χ4v) is 10.4. The molecule has 3 aliphatic heterocycles. The lowest BCUT2D eigenvalue weighted by molar-refractivity contribution is -0.134. The van der Waals surface area contributed by atoms with E-state index in [-0.39, 0.29) is 47.4 Å². The van der Waals surface area contributed by atoms with E-state index in [0.29, 0.717) is 30.6 Å². The minimum Gasteiger partial charge on any atom is -0.490 e. The quantitative estimate of drug-likeness (QED) is 0.466. The molecule has 1 saturated heterocycles. The maximum Gasteiger partial charge on any atom is 0.225 e. The minimum absolute atomic E-state index is 0.0208. The Morgan fingerprint density at radius 2 is 1.82 bits per heavy atom. The minimum atomic E-state index is -0.800. The Morgan fingerprint density at radius 1 is 1.10 bits per heavy atom. The first-order valence-corrected chi connectivity index (χ1v) is 14.9. The highest BCUT2D eigenvalue weighted by Gasteiger charge is 2.67. The highest BCUT2D eigenvalue weighted by molar-refractivity contribution is 5.91. The molecule has 6 aliphatic rings. The number of carbonyl (C=O) groups excluding carboxylic acids is 2. The first kappa shape index (κ1) is 26.8. The molecule has 1 amide bonds. The van der Waals surface area contributed by atoms with Gasteiger partial charge in [0.1, 0.15) is 23.4 Å². The molecular formula is C34H45NO4. The second-order valence-electron chi connectivity index (χ2n) is 14.2. The lowest BCUT2D eigenvalue weighted by Gasteiger charge is -2.50. The van der Waals surface area contributed by atoms with Crippen LogP contribution in [0.2, 0.25) is 0 Å². The SMILES string of the molecule is C=C[C@@]1(C)C=C(C)[C@@H]2[C@H]3C1C(=O)C[C@@H]1C[C@](OC)(Cc4ccc(cc4)O[C@@H]3[C@@H]3[C@@H](C)C[C@@H](C)C[C@]32C)NC1=O. The van der Waals surface area contributed by atoms with Crippen LogP contribution in [0, 0.1) is 52.3 Å². The monoisotopic (exact) mass is 531 g/mol. The van der Waals surface area contributed by atoms with Crippen molar-refractivity contribution in [3.8, 4) is 5.75 Å². The first-order valence-electron chi connectivity index (χ1n) is 14.9. The summed E-state index contributed by atoms with van der Waals surface area (Å²) in [6.07, 6.45) is 7.80. The van der Waals surface area contributed by atoms with Crippen LogP contribution in [0.4, 0.5) is 0 Å². The molecule has 0 radical (unpaired) electrons. The Labute approximate surface area is 233 Å². The van der Waals surface area contributed by atoms with Gasteiger partial charge >= 0.3 is 0 Å². The zero-order chi connectivity index (χ0) is 27.9. The van der Waals surface area contributed by atoms with Crippen molar-refractivity contribution in [2.45, 2.75) is 78.6 Å². The number of amides is 1. The Balaban J connectivity index is 1.54. The molecule has 11 atom stereocenters. The summed E-state index contributed by atoms with van der Waals surface area (Å²) in [6.45, 7) is 15.9. The largest absolute Gasteiger partial charge is 0.490 e. The van der Waals surface area contributed by atoms with Crippen molar-refractivity contribution in [1.29, 1.82) is 0 Å². The molecule has 0 spiro atoms. The van der Waals surface area contributed by atoms with E-state index in [1.807, 2.05) is 6.08 Å². The van der Waals surface area contributed by atoms with E-state index >= 15 is 0 Å². The molecule has 5 nitrogen and oxygen atoms in total. The van der Waals surface area contributed by atoms with Gasteiger partial charge in [-0.15, -0.1) is 6.58 Å². The van der Waals surface area contributed by atoms with Gasteiger partial charge in [-0.05, 0) is 60.6 Å². The van der Waals surface area contributed by atoms with Gasteiger partial charge in [-0.3, -0.25) is 9.59 Å². The fourth-order valence-electron chi connectivity index (χ4n) is 10.4. The smallest absolute Gasteiger partial charge is 0.225 e. The van der Waals surface area contributed by atoms with Gasteiger partial charge in [0.15, 0.2) is 0 Å². The average Bonchev–Trinajstić information content (AvgIpc) is 3.30. The molecule has 3 heterocycles. The number of methoxy groups -OCH3 is 1. The number of hydrogen-bond donors (Lipinski definition) is 1. The standard InChI is InChI=1S/C34H45NO4/c1-8-32(5)16-21(4)27-26-29(32)25(36)14-23-18-34(38-7,35-31(23)37)17-22-9-11-24(12-10-22)39-30(26)28-20(3)13-19(2)15-33(27,28)6/h8-12,16,19-20,23,26-30H,1,13-15,17-18H2,2-7H3,(H,35,37)/t19-,20+,23-,26+,27-,28+,29?,30+,32+,33+,34-/m1/s1. The number of benzene rings is 1. The summed E-state index contributed by atoms with van der Waals surface area (Å²) in [5.41, 5.74) is 1.18. The van der Waals surface area contributed by atoms with Crippen molar-refractivity contribution in [1.82, 2.24) is 5.32 Å². The van der Waals surface area contributed by atoms with E-state index in [1.165, 1.54) is 12.0 Å². The number of rotatable bonds is 2.